The van der Waals surface area contributed by atoms with Gasteiger partial charge < -0.3 is 24.8 Å². The van der Waals surface area contributed by atoms with Gasteiger partial charge in [0.15, 0.2) is 0 Å². The minimum atomic E-state index is -0.941. The Morgan fingerprint density at radius 3 is 3.08 bits per heavy atom. The van der Waals surface area contributed by atoms with Crippen LogP contribution in [0.1, 0.15) is 18.4 Å². The van der Waals surface area contributed by atoms with Crippen molar-refractivity contribution in [3.63, 3.8) is 0 Å². The number of nitrogens with zero attached hydrogens (tertiary/aromatic N) is 1. The predicted octanol–water partition coefficient (Wildman–Crippen LogP) is 1.61. The summed E-state index contributed by atoms with van der Waals surface area (Å²) in [5.41, 5.74) is 0.395. The van der Waals surface area contributed by atoms with Gasteiger partial charge in [0.2, 0.25) is 5.91 Å². The summed E-state index contributed by atoms with van der Waals surface area (Å²) in [6, 6.07) is 2.84. The third-order valence-electron chi connectivity index (χ3n) is 4.93. The number of hydrogen-bond acceptors (Lipinski definition) is 4. The second kappa shape index (κ2) is 5.34. The molecule has 0 bridgehead atoms. The molecule has 0 spiro atoms. The average Bonchev–Trinajstić information content (AvgIpc) is 3.28. The van der Waals surface area contributed by atoms with Crippen molar-refractivity contribution in [2.75, 3.05) is 25.0 Å². The summed E-state index contributed by atoms with van der Waals surface area (Å²) in [6.07, 6.45) is 0.203. The summed E-state index contributed by atoms with van der Waals surface area (Å²) in [5.74, 6) is -0.140. The van der Waals surface area contributed by atoms with Gasteiger partial charge in [-0.1, -0.05) is 0 Å². The molecule has 0 aliphatic carbocycles. The first-order chi connectivity index (χ1) is 11.5. The van der Waals surface area contributed by atoms with Crippen LogP contribution in [0, 0.1) is 5.82 Å². The number of ether oxygens (including phenoxy) is 2. The fraction of sp³-hybridized carbons (Fsp3) is 0.500. The van der Waals surface area contributed by atoms with E-state index in [0.29, 0.717) is 43.7 Å². The number of carboxylic acid groups (broad SMARTS) is 1. The Hall–Kier alpha value is -2.35. The van der Waals surface area contributed by atoms with Crippen molar-refractivity contribution in [2.45, 2.75) is 31.0 Å². The molecule has 4 rings (SSSR count). The molecule has 3 aliphatic rings. The predicted molar refractivity (Wildman–Crippen MR) is 80.7 cm³/mol. The van der Waals surface area contributed by atoms with Gasteiger partial charge in [0.05, 0.1) is 12.2 Å². The first kappa shape index (κ1) is 15.2. The topological polar surface area (TPSA) is 91.4 Å². The quantitative estimate of drug-likeness (QED) is 0.818. The van der Waals surface area contributed by atoms with Crippen LogP contribution >= 0.6 is 0 Å². The number of amides is 2. The number of epoxide rings is 1. The maximum absolute atomic E-state index is 13.9. The van der Waals surface area contributed by atoms with Crippen molar-refractivity contribution in [3.8, 4) is 5.75 Å². The molecule has 1 aromatic rings. The molecule has 2 atom stereocenters. The van der Waals surface area contributed by atoms with E-state index in [-0.39, 0.29) is 24.3 Å². The van der Waals surface area contributed by atoms with Crippen LogP contribution < -0.4 is 10.1 Å². The molecule has 2 saturated heterocycles. The molecule has 3 heterocycles. The first-order valence-corrected chi connectivity index (χ1v) is 7.88. The zero-order valence-corrected chi connectivity index (χ0v) is 12.9. The van der Waals surface area contributed by atoms with E-state index < -0.39 is 17.5 Å². The van der Waals surface area contributed by atoms with E-state index in [0.717, 1.165) is 0 Å². The van der Waals surface area contributed by atoms with Crippen LogP contribution in [0.4, 0.5) is 14.9 Å². The standard InChI is InChI=1S/C16H17FN2O5/c17-10-2-3-11(9-1-4-13(20)18-14(9)10)23-8-16-5-6-19(15(21)22)7-12(16)24-16/h2-3,12H,1,4-8H2,(H,18,20)(H,21,22). The molecule has 24 heavy (non-hydrogen) atoms. The third kappa shape index (κ3) is 2.47. The van der Waals surface area contributed by atoms with Gasteiger partial charge in [-0.05, 0) is 18.6 Å². The Bertz CT molecular complexity index is 725. The molecule has 128 valence electrons. The molecule has 1 aromatic carbocycles. The Morgan fingerprint density at radius 1 is 1.50 bits per heavy atom. The molecule has 2 amide bonds. The SMILES string of the molecule is O=C1CCc2c(OCC34CCN(C(=O)O)CC3O4)ccc(F)c2N1. The number of carbonyl (C=O) groups excluding carboxylic acids is 1. The second-order valence-electron chi connectivity index (χ2n) is 6.39. The van der Waals surface area contributed by atoms with Gasteiger partial charge in [-0.3, -0.25) is 4.79 Å². The van der Waals surface area contributed by atoms with Gasteiger partial charge in [-0.25, -0.2) is 9.18 Å². The Balaban J connectivity index is 1.46. The average molecular weight is 336 g/mol. The van der Waals surface area contributed by atoms with Crippen molar-refractivity contribution in [1.29, 1.82) is 0 Å². The monoisotopic (exact) mass is 336 g/mol. The summed E-state index contributed by atoms with van der Waals surface area (Å²) in [5, 5.41) is 11.6. The van der Waals surface area contributed by atoms with Crippen molar-refractivity contribution in [2.24, 2.45) is 0 Å². The highest BCUT2D eigenvalue weighted by molar-refractivity contribution is 5.94. The molecular formula is C16H17FN2O5. The highest BCUT2D eigenvalue weighted by Gasteiger charge is 2.60. The van der Waals surface area contributed by atoms with E-state index in [9.17, 15) is 14.0 Å². The molecule has 3 aliphatic heterocycles. The number of anilines is 1. The van der Waals surface area contributed by atoms with E-state index in [4.69, 9.17) is 14.6 Å². The van der Waals surface area contributed by atoms with Gasteiger partial charge in [0.25, 0.3) is 0 Å². The maximum atomic E-state index is 13.9. The molecule has 2 N–H and O–H groups in total. The lowest BCUT2D eigenvalue weighted by Crippen LogP contribution is -2.44. The lowest BCUT2D eigenvalue weighted by atomic mass is 9.97. The summed E-state index contributed by atoms with van der Waals surface area (Å²) in [6.45, 7) is 1.04. The van der Waals surface area contributed by atoms with Crippen molar-refractivity contribution in [1.82, 2.24) is 4.90 Å². The van der Waals surface area contributed by atoms with Crippen LogP contribution in [0.5, 0.6) is 5.75 Å². The molecule has 0 saturated carbocycles. The van der Waals surface area contributed by atoms with Gasteiger partial charge in [0, 0.05) is 24.9 Å². The minimum absolute atomic E-state index is 0.154. The first-order valence-electron chi connectivity index (χ1n) is 7.88. The highest BCUT2D eigenvalue weighted by Crippen LogP contribution is 2.44. The summed E-state index contributed by atoms with van der Waals surface area (Å²) < 4.78 is 25.4. The Labute approximate surface area is 137 Å². The molecule has 7 nitrogen and oxygen atoms in total. The highest BCUT2D eigenvalue weighted by atomic mass is 19.1. The van der Waals surface area contributed by atoms with E-state index in [1.54, 1.807) is 6.07 Å². The number of likely N-dealkylation sites (tertiary alicyclic amines) is 1. The number of carbonyl (C=O) groups is 2. The third-order valence-corrected chi connectivity index (χ3v) is 4.93. The number of benzene rings is 1. The van der Waals surface area contributed by atoms with Crippen LogP contribution in [-0.4, -0.2) is 53.4 Å². The number of hydrogen-bond donors (Lipinski definition) is 2. The summed E-state index contributed by atoms with van der Waals surface area (Å²) >= 11 is 0. The van der Waals surface area contributed by atoms with Gasteiger partial charge in [0.1, 0.15) is 29.9 Å². The molecule has 8 heteroatoms. The number of fused-ring (bicyclic) bond motifs is 2. The Kier molecular flexibility index (Phi) is 3.38. The van der Waals surface area contributed by atoms with Crippen LogP contribution in [0.15, 0.2) is 12.1 Å². The van der Waals surface area contributed by atoms with Crippen LogP contribution in [-0.2, 0) is 16.0 Å². The number of piperidine rings is 1. The molecule has 0 radical (unpaired) electrons. The number of nitrogens with one attached hydrogen (secondary N) is 1. The summed E-state index contributed by atoms with van der Waals surface area (Å²) in [4.78, 5) is 23.8. The molecule has 2 fully saturated rings. The van der Waals surface area contributed by atoms with E-state index in [1.165, 1.54) is 11.0 Å². The van der Waals surface area contributed by atoms with Crippen molar-refractivity contribution >= 4 is 17.7 Å². The van der Waals surface area contributed by atoms with E-state index in [1.807, 2.05) is 0 Å². The lowest BCUT2D eigenvalue weighted by molar-refractivity contribution is -0.116. The van der Waals surface area contributed by atoms with Crippen LogP contribution in [0.25, 0.3) is 0 Å². The van der Waals surface area contributed by atoms with E-state index >= 15 is 0 Å². The second-order valence-corrected chi connectivity index (χ2v) is 6.39. The lowest BCUT2D eigenvalue weighted by Gasteiger charge is -2.27. The number of rotatable bonds is 3. The van der Waals surface area contributed by atoms with Crippen LogP contribution in [0.3, 0.4) is 0 Å². The smallest absolute Gasteiger partial charge is 0.407 e. The van der Waals surface area contributed by atoms with Gasteiger partial charge in [-0.15, -0.1) is 0 Å². The fourth-order valence-electron chi connectivity index (χ4n) is 3.42. The zero-order chi connectivity index (χ0) is 16.9. The van der Waals surface area contributed by atoms with Gasteiger partial charge in [-0.2, -0.15) is 0 Å². The minimum Gasteiger partial charge on any atom is -0.490 e. The largest absolute Gasteiger partial charge is 0.490 e. The molecular weight excluding hydrogens is 319 g/mol. The van der Waals surface area contributed by atoms with Crippen molar-refractivity contribution in [3.05, 3.63) is 23.5 Å². The summed E-state index contributed by atoms with van der Waals surface area (Å²) in [7, 11) is 0. The van der Waals surface area contributed by atoms with Gasteiger partial charge >= 0.3 is 6.09 Å². The van der Waals surface area contributed by atoms with Crippen molar-refractivity contribution < 1.29 is 28.6 Å². The van der Waals surface area contributed by atoms with E-state index in [2.05, 4.69) is 5.32 Å². The maximum Gasteiger partial charge on any atom is 0.407 e. The molecule has 2 unspecified atom stereocenters. The Morgan fingerprint density at radius 2 is 2.33 bits per heavy atom. The van der Waals surface area contributed by atoms with Crippen LogP contribution in [0.2, 0.25) is 0 Å². The zero-order valence-electron chi connectivity index (χ0n) is 12.9. The fourth-order valence-corrected chi connectivity index (χ4v) is 3.42. The molecule has 0 aromatic heterocycles. The number of halogens is 1. The normalized spacial score (nSPS) is 27.8.